The fourth-order valence-corrected chi connectivity index (χ4v) is 5.98. The van der Waals surface area contributed by atoms with Crippen LogP contribution in [0.4, 0.5) is 5.13 Å². The first-order valence-corrected chi connectivity index (χ1v) is 14.2. The van der Waals surface area contributed by atoms with Gasteiger partial charge in [0.05, 0.1) is 24.3 Å². The first-order valence-electron chi connectivity index (χ1n) is 13.4. The number of piperidine rings is 1. The van der Waals surface area contributed by atoms with E-state index >= 15 is 0 Å². The minimum atomic E-state index is -0.708. The third-order valence-electron chi connectivity index (χ3n) is 7.86. The number of carboxylic acid groups (broad SMARTS) is 1. The summed E-state index contributed by atoms with van der Waals surface area (Å²) in [6.45, 7) is 12.5. The molecule has 0 saturated carbocycles. The van der Waals surface area contributed by atoms with E-state index in [0.29, 0.717) is 32.5 Å². The van der Waals surface area contributed by atoms with E-state index in [1.807, 2.05) is 13.0 Å². The molecule has 3 aromatic rings. The summed E-state index contributed by atoms with van der Waals surface area (Å²) in [4.78, 5) is 21.2. The average Bonchev–Trinajstić information content (AvgIpc) is 3.40. The molecule has 7 nitrogen and oxygen atoms in total. The van der Waals surface area contributed by atoms with Crippen molar-refractivity contribution in [2.45, 2.75) is 46.8 Å². The lowest BCUT2D eigenvalue weighted by Gasteiger charge is -2.36. The van der Waals surface area contributed by atoms with Crippen LogP contribution < -0.4 is 9.64 Å². The molecule has 1 N–H and O–H groups in total. The van der Waals surface area contributed by atoms with Crippen molar-refractivity contribution >= 4 is 22.4 Å². The van der Waals surface area contributed by atoms with Gasteiger partial charge in [-0.3, -0.25) is 9.69 Å². The van der Waals surface area contributed by atoms with Crippen LogP contribution in [0.25, 0.3) is 11.3 Å². The molecule has 0 aliphatic carbocycles. The Hall–Kier alpha value is -2.94. The number of thiazole rings is 1. The predicted molar refractivity (Wildman–Crippen MR) is 151 cm³/mol. The second kappa shape index (κ2) is 11.4. The van der Waals surface area contributed by atoms with Crippen molar-refractivity contribution in [3.63, 3.8) is 0 Å². The number of rotatable bonds is 8. The number of ether oxygens (including phenoxy) is 2. The Morgan fingerprint density at radius 1 is 1.11 bits per heavy atom. The number of benzene rings is 2. The van der Waals surface area contributed by atoms with Crippen molar-refractivity contribution in [3.8, 4) is 17.0 Å². The molecule has 8 heteroatoms. The number of nitrogens with zero attached hydrogens (tertiary/aromatic N) is 3. The fraction of sp³-hybridized carbons (Fsp3) is 0.467. The van der Waals surface area contributed by atoms with Gasteiger partial charge in [-0.15, -0.1) is 11.3 Å². The van der Waals surface area contributed by atoms with Crippen LogP contribution in [0.5, 0.6) is 5.75 Å². The summed E-state index contributed by atoms with van der Waals surface area (Å²) in [5.74, 6) is 0.113. The Morgan fingerprint density at radius 3 is 2.58 bits per heavy atom. The van der Waals surface area contributed by atoms with Crippen molar-refractivity contribution < 1.29 is 19.4 Å². The molecule has 0 atom stereocenters. The van der Waals surface area contributed by atoms with E-state index in [1.165, 1.54) is 16.7 Å². The smallest absolute Gasteiger partial charge is 0.309 e. The van der Waals surface area contributed by atoms with Crippen LogP contribution in [-0.2, 0) is 22.7 Å². The lowest BCUT2D eigenvalue weighted by molar-refractivity contribution is -0.149. The summed E-state index contributed by atoms with van der Waals surface area (Å²) >= 11 is 1.61. The quantitative estimate of drug-likeness (QED) is 0.407. The Morgan fingerprint density at radius 2 is 1.87 bits per heavy atom. The van der Waals surface area contributed by atoms with E-state index in [-0.39, 0.29) is 0 Å². The van der Waals surface area contributed by atoms with E-state index in [1.54, 1.807) is 11.3 Å². The normalized spacial score (nSPS) is 17.9. The maximum atomic E-state index is 11.6. The number of aromatic nitrogens is 1. The van der Waals surface area contributed by atoms with E-state index in [4.69, 9.17) is 14.5 Å². The van der Waals surface area contributed by atoms with Crippen LogP contribution in [0.15, 0.2) is 41.8 Å². The third kappa shape index (κ3) is 6.03. The number of carbonyl (C=O) groups is 1. The maximum absolute atomic E-state index is 11.6. The molecule has 0 radical (unpaired) electrons. The van der Waals surface area contributed by atoms with Gasteiger partial charge in [-0.25, -0.2) is 4.98 Å². The lowest BCUT2D eigenvalue weighted by atomic mass is 9.81. The molecule has 0 spiro atoms. The summed E-state index contributed by atoms with van der Waals surface area (Å²) in [6.07, 6.45) is 1.25. The predicted octanol–water partition coefficient (Wildman–Crippen LogP) is 5.53. The van der Waals surface area contributed by atoms with Crippen molar-refractivity contribution in [2.24, 2.45) is 5.41 Å². The molecule has 2 aromatic carbocycles. The first-order chi connectivity index (χ1) is 18.3. The topological polar surface area (TPSA) is 75.1 Å². The first kappa shape index (κ1) is 26.7. The molecule has 38 heavy (non-hydrogen) atoms. The second-order valence-electron chi connectivity index (χ2n) is 10.8. The molecule has 2 aliphatic rings. The maximum Gasteiger partial charge on any atom is 0.309 e. The highest BCUT2D eigenvalue weighted by Crippen LogP contribution is 2.38. The second-order valence-corrected chi connectivity index (χ2v) is 11.6. The van der Waals surface area contributed by atoms with Crippen molar-refractivity contribution in [2.75, 3.05) is 44.3 Å². The van der Waals surface area contributed by atoms with Crippen LogP contribution in [0.2, 0.25) is 0 Å². The van der Waals surface area contributed by atoms with E-state index in [9.17, 15) is 9.90 Å². The molecule has 0 bridgehead atoms. The Labute approximate surface area is 229 Å². The number of morpholine rings is 1. The zero-order valence-corrected chi connectivity index (χ0v) is 23.4. The average molecular weight is 536 g/mol. The Balaban J connectivity index is 1.26. The minimum Gasteiger partial charge on any atom is -0.488 e. The molecule has 2 aliphatic heterocycles. The molecule has 2 fully saturated rings. The van der Waals surface area contributed by atoms with Crippen molar-refractivity contribution in [1.29, 1.82) is 0 Å². The zero-order valence-electron chi connectivity index (χ0n) is 22.5. The largest absolute Gasteiger partial charge is 0.488 e. The van der Waals surface area contributed by atoms with Gasteiger partial charge in [0.2, 0.25) is 0 Å². The van der Waals surface area contributed by atoms with E-state index in [0.717, 1.165) is 60.5 Å². The molecule has 2 saturated heterocycles. The SMILES string of the molecule is Cc1ccc(OCc2ccc(CN3CCOCC3)cc2C)c(-c2csc(N3CCC(C)(C(=O)O)CC3)n2)c1. The molecule has 202 valence electrons. The highest BCUT2D eigenvalue weighted by atomic mass is 32.1. The molecular formula is C30H37N3O4S. The number of carboxylic acids is 1. The van der Waals surface area contributed by atoms with Gasteiger partial charge in [-0.05, 0) is 62.4 Å². The standard InChI is InChI=1S/C30H37N3O4S/c1-21-4-7-27(37-19-24-6-5-23(17-22(24)2)18-32-12-14-36-15-13-32)25(16-21)26-20-38-29(31-26)33-10-8-30(3,9-11-33)28(34)35/h4-7,16-17,20H,8-15,18-19H2,1-3H3,(H,34,35). The number of hydrogen-bond acceptors (Lipinski definition) is 7. The van der Waals surface area contributed by atoms with Crippen LogP contribution in [0, 0.1) is 19.3 Å². The van der Waals surface area contributed by atoms with Crippen LogP contribution in [0.3, 0.4) is 0 Å². The Kier molecular flexibility index (Phi) is 8.02. The third-order valence-corrected chi connectivity index (χ3v) is 8.76. The van der Waals surface area contributed by atoms with Gasteiger partial charge in [0.15, 0.2) is 5.13 Å². The fourth-order valence-electron chi connectivity index (χ4n) is 5.10. The summed E-state index contributed by atoms with van der Waals surface area (Å²) in [7, 11) is 0. The van der Waals surface area contributed by atoms with Crippen molar-refractivity contribution in [3.05, 3.63) is 64.0 Å². The van der Waals surface area contributed by atoms with Gasteiger partial charge >= 0.3 is 5.97 Å². The molecule has 0 amide bonds. The van der Waals surface area contributed by atoms with Crippen LogP contribution in [-0.4, -0.2) is 60.4 Å². The highest BCUT2D eigenvalue weighted by molar-refractivity contribution is 7.14. The molecule has 3 heterocycles. The molecule has 0 unspecified atom stereocenters. The van der Waals surface area contributed by atoms with Gasteiger partial charge in [0.1, 0.15) is 12.4 Å². The summed E-state index contributed by atoms with van der Waals surface area (Å²) in [5, 5.41) is 12.6. The van der Waals surface area contributed by atoms with Gasteiger partial charge < -0.3 is 19.5 Å². The van der Waals surface area contributed by atoms with Gasteiger partial charge in [-0.2, -0.15) is 0 Å². The summed E-state index contributed by atoms with van der Waals surface area (Å²) in [6, 6.07) is 12.9. The molecular weight excluding hydrogens is 498 g/mol. The number of hydrogen-bond donors (Lipinski definition) is 1. The Bertz CT molecular complexity index is 1280. The number of anilines is 1. The van der Waals surface area contributed by atoms with E-state index < -0.39 is 11.4 Å². The molecule has 5 rings (SSSR count). The minimum absolute atomic E-state index is 0.497. The summed E-state index contributed by atoms with van der Waals surface area (Å²) < 4.78 is 11.8. The summed E-state index contributed by atoms with van der Waals surface area (Å²) in [5.41, 5.74) is 6.12. The lowest BCUT2D eigenvalue weighted by Crippen LogP contribution is -2.42. The van der Waals surface area contributed by atoms with Gasteiger partial charge in [-0.1, -0.05) is 29.8 Å². The van der Waals surface area contributed by atoms with Crippen LogP contribution >= 0.6 is 11.3 Å². The molecule has 1 aromatic heterocycles. The van der Waals surface area contributed by atoms with Gasteiger partial charge in [0, 0.05) is 43.7 Å². The van der Waals surface area contributed by atoms with Crippen LogP contribution in [0.1, 0.15) is 42.0 Å². The van der Waals surface area contributed by atoms with Crippen molar-refractivity contribution in [1.82, 2.24) is 9.88 Å². The number of aliphatic carboxylic acids is 1. The monoisotopic (exact) mass is 535 g/mol. The van der Waals surface area contributed by atoms with E-state index in [2.05, 4.69) is 59.4 Å². The zero-order chi connectivity index (χ0) is 26.7. The van der Waals surface area contributed by atoms with Gasteiger partial charge in [0.25, 0.3) is 0 Å². The highest BCUT2D eigenvalue weighted by Gasteiger charge is 2.37. The number of aryl methyl sites for hydroxylation is 2.